The summed E-state index contributed by atoms with van der Waals surface area (Å²) in [6.45, 7) is 6.21. The molecule has 0 unspecified atom stereocenters. The lowest BCUT2D eigenvalue weighted by molar-refractivity contribution is -0.141. The molecule has 6 heteroatoms. The molecule has 2 rings (SSSR count). The number of hydrogen-bond donors (Lipinski definition) is 1. The van der Waals surface area contributed by atoms with Gasteiger partial charge in [-0.25, -0.2) is 0 Å². The van der Waals surface area contributed by atoms with Crippen molar-refractivity contribution in [1.29, 1.82) is 0 Å². The van der Waals surface area contributed by atoms with Gasteiger partial charge in [-0.15, -0.1) is 0 Å². The summed E-state index contributed by atoms with van der Waals surface area (Å²) in [6, 6.07) is 17.4. The zero-order chi connectivity index (χ0) is 22.6. The highest BCUT2D eigenvalue weighted by molar-refractivity contribution is 7.98. The van der Waals surface area contributed by atoms with Crippen molar-refractivity contribution < 1.29 is 14.3 Å². The predicted octanol–water partition coefficient (Wildman–Crippen LogP) is 4.65. The maximum atomic E-state index is 13.2. The van der Waals surface area contributed by atoms with E-state index in [9.17, 15) is 9.59 Å². The van der Waals surface area contributed by atoms with Crippen LogP contribution in [0.3, 0.4) is 0 Å². The zero-order valence-corrected chi connectivity index (χ0v) is 19.8. The van der Waals surface area contributed by atoms with E-state index in [1.54, 1.807) is 23.8 Å². The second kappa shape index (κ2) is 13.1. The van der Waals surface area contributed by atoms with Gasteiger partial charge in [0.25, 0.3) is 0 Å². The van der Waals surface area contributed by atoms with Crippen LogP contribution in [0.1, 0.15) is 44.7 Å². The van der Waals surface area contributed by atoms with Gasteiger partial charge in [-0.1, -0.05) is 49.4 Å². The van der Waals surface area contributed by atoms with E-state index in [1.165, 1.54) is 5.56 Å². The van der Waals surface area contributed by atoms with Crippen molar-refractivity contribution in [2.75, 3.05) is 12.9 Å². The van der Waals surface area contributed by atoms with E-state index in [-0.39, 0.29) is 17.9 Å². The van der Waals surface area contributed by atoms with Crippen LogP contribution in [0.4, 0.5) is 0 Å². The number of carbonyl (C=O) groups is 2. The number of rotatable bonds is 12. The lowest BCUT2D eigenvalue weighted by atomic mass is 10.1. The van der Waals surface area contributed by atoms with Crippen LogP contribution >= 0.6 is 11.8 Å². The van der Waals surface area contributed by atoms with Crippen LogP contribution in [-0.2, 0) is 21.9 Å². The molecule has 0 saturated carbocycles. The molecular weight excluding hydrogens is 408 g/mol. The molecule has 0 fully saturated rings. The van der Waals surface area contributed by atoms with Gasteiger partial charge in [-0.05, 0) is 43.5 Å². The Kier molecular flexibility index (Phi) is 10.4. The highest BCUT2D eigenvalue weighted by atomic mass is 32.2. The van der Waals surface area contributed by atoms with Crippen molar-refractivity contribution in [2.24, 2.45) is 0 Å². The molecule has 2 aromatic rings. The number of amides is 2. The van der Waals surface area contributed by atoms with E-state index >= 15 is 0 Å². The summed E-state index contributed by atoms with van der Waals surface area (Å²) in [4.78, 5) is 27.7. The molecule has 0 saturated heterocycles. The number of benzene rings is 2. The minimum Gasteiger partial charge on any atom is -0.497 e. The van der Waals surface area contributed by atoms with Crippen LogP contribution in [-0.4, -0.2) is 41.7 Å². The summed E-state index contributed by atoms with van der Waals surface area (Å²) in [7, 11) is 1.63. The van der Waals surface area contributed by atoms with E-state index in [0.29, 0.717) is 19.4 Å². The Labute approximate surface area is 190 Å². The van der Waals surface area contributed by atoms with Gasteiger partial charge in [0, 0.05) is 30.5 Å². The van der Waals surface area contributed by atoms with Gasteiger partial charge in [0.15, 0.2) is 0 Å². The minimum atomic E-state index is -0.490. The fourth-order valence-electron chi connectivity index (χ4n) is 3.30. The van der Waals surface area contributed by atoms with E-state index in [0.717, 1.165) is 22.8 Å². The van der Waals surface area contributed by atoms with E-state index in [1.807, 2.05) is 63.2 Å². The second-order valence-electron chi connectivity index (χ2n) is 7.75. The van der Waals surface area contributed by atoms with Crippen molar-refractivity contribution >= 4 is 23.6 Å². The first kappa shape index (κ1) is 24.8. The van der Waals surface area contributed by atoms with E-state index in [2.05, 4.69) is 17.4 Å². The normalized spacial score (nSPS) is 11.8. The molecule has 168 valence electrons. The number of ether oxygens (including phenoxy) is 1. The molecule has 0 spiro atoms. The highest BCUT2D eigenvalue weighted by Gasteiger charge is 2.28. The summed E-state index contributed by atoms with van der Waals surface area (Å²) in [5, 5.41) is 2.96. The molecule has 31 heavy (non-hydrogen) atoms. The molecular formula is C25H34N2O3S. The summed E-state index contributed by atoms with van der Waals surface area (Å²) < 4.78 is 5.23. The van der Waals surface area contributed by atoms with Crippen molar-refractivity contribution in [2.45, 2.75) is 58.0 Å². The number of nitrogens with zero attached hydrogens (tertiary/aromatic N) is 1. The van der Waals surface area contributed by atoms with E-state index < -0.39 is 6.04 Å². The van der Waals surface area contributed by atoms with Crippen molar-refractivity contribution in [3.63, 3.8) is 0 Å². The number of hydrogen-bond acceptors (Lipinski definition) is 4. The van der Waals surface area contributed by atoms with Gasteiger partial charge >= 0.3 is 0 Å². The lowest BCUT2D eigenvalue weighted by Crippen LogP contribution is -2.50. The Morgan fingerprint density at radius 2 is 1.71 bits per heavy atom. The minimum absolute atomic E-state index is 0.00198. The SMILES string of the molecule is CC[C@H](C(=O)NC(C)C)N(Cc1ccc(OC)cc1)C(=O)CCSCc1ccccc1. The molecule has 0 heterocycles. The number of carbonyl (C=O) groups excluding carboxylic acids is 2. The van der Waals surface area contributed by atoms with Crippen LogP contribution in [0.2, 0.25) is 0 Å². The summed E-state index contributed by atoms with van der Waals surface area (Å²) in [5.41, 5.74) is 2.22. The zero-order valence-electron chi connectivity index (χ0n) is 19.0. The first-order valence-corrected chi connectivity index (χ1v) is 11.9. The average Bonchev–Trinajstić information content (AvgIpc) is 2.77. The third kappa shape index (κ3) is 8.29. The predicted molar refractivity (Wildman–Crippen MR) is 128 cm³/mol. The molecule has 0 aromatic heterocycles. The van der Waals surface area contributed by atoms with Crippen molar-refractivity contribution in [1.82, 2.24) is 10.2 Å². The molecule has 0 bridgehead atoms. The van der Waals surface area contributed by atoms with Gasteiger partial charge < -0.3 is 15.0 Å². The summed E-state index contributed by atoms with van der Waals surface area (Å²) in [6.07, 6.45) is 0.969. The largest absolute Gasteiger partial charge is 0.497 e. The Bertz CT molecular complexity index is 809. The topological polar surface area (TPSA) is 58.6 Å². The maximum absolute atomic E-state index is 13.2. The monoisotopic (exact) mass is 442 g/mol. The van der Waals surface area contributed by atoms with Gasteiger partial charge in [0.2, 0.25) is 11.8 Å². The van der Waals surface area contributed by atoms with Gasteiger partial charge in [-0.3, -0.25) is 9.59 Å². The molecule has 5 nitrogen and oxygen atoms in total. The van der Waals surface area contributed by atoms with Crippen LogP contribution in [0.25, 0.3) is 0 Å². The molecule has 2 amide bonds. The Balaban J connectivity index is 2.06. The van der Waals surface area contributed by atoms with Gasteiger partial charge in [0.1, 0.15) is 11.8 Å². The number of nitrogens with one attached hydrogen (secondary N) is 1. The molecule has 0 radical (unpaired) electrons. The first-order valence-electron chi connectivity index (χ1n) is 10.8. The third-order valence-corrected chi connectivity index (χ3v) is 5.93. The maximum Gasteiger partial charge on any atom is 0.243 e. The number of methoxy groups -OCH3 is 1. The molecule has 2 aromatic carbocycles. The average molecular weight is 443 g/mol. The van der Waals surface area contributed by atoms with Crippen LogP contribution in [0.5, 0.6) is 5.75 Å². The van der Waals surface area contributed by atoms with Gasteiger partial charge in [-0.2, -0.15) is 11.8 Å². The molecule has 0 aliphatic rings. The van der Waals surface area contributed by atoms with E-state index in [4.69, 9.17) is 4.74 Å². The summed E-state index contributed by atoms with van der Waals surface area (Å²) in [5.74, 6) is 2.26. The molecule has 0 aliphatic carbocycles. The molecule has 1 atom stereocenters. The fourth-order valence-corrected chi connectivity index (χ4v) is 4.19. The summed E-state index contributed by atoms with van der Waals surface area (Å²) >= 11 is 1.74. The first-order chi connectivity index (χ1) is 14.9. The Morgan fingerprint density at radius 1 is 1.03 bits per heavy atom. The Morgan fingerprint density at radius 3 is 2.29 bits per heavy atom. The number of thioether (sulfide) groups is 1. The second-order valence-corrected chi connectivity index (χ2v) is 8.85. The van der Waals surface area contributed by atoms with Crippen LogP contribution in [0.15, 0.2) is 54.6 Å². The fraction of sp³-hybridized carbons (Fsp3) is 0.440. The van der Waals surface area contributed by atoms with Crippen LogP contribution < -0.4 is 10.1 Å². The molecule has 0 aliphatic heterocycles. The van der Waals surface area contributed by atoms with Crippen molar-refractivity contribution in [3.05, 3.63) is 65.7 Å². The van der Waals surface area contributed by atoms with Crippen LogP contribution in [0, 0.1) is 0 Å². The van der Waals surface area contributed by atoms with Crippen molar-refractivity contribution in [3.8, 4) is 5.75 Å². The highest BCUT2D eigenvalue weighted by Crippen LogP contribution is 2.19. The third-order valence-electron chi connectivity index (χ3n) is 4.90. The smallest absolute Gasteiger partial charge is 0.243 e. The lowest BCUT2D eigenvalue weighted by Gasteiger charge is -2.31. The van der Waals surface area contributed by atoms with Gasteiger partial charge in [0.05, 0.1) is 7.11 Å². The standard InChI is InChI=1S/C25H34N2O3S/c1-5-23(25(29)26-19(2)3)27(17-20-11-13-22(30-4)14-12-20)24(28)15-16-31-18-21-9-7-6-8-10-21/h6-14,19,23H,5,15-18H2,1-4H3,(H,26,29)/t23-/m1/s1. The Hall–Kier alpha value is -2.47. The molecule has 1 N–H and O–H groups in total. The quantitative estimate of drug-likeness (QED) is 0.486.